The Balaban J connectivity index is 0. The van der Waals surface area contributed by atoms with E-state index in [0.29, 0.717) is 19.0 Å². The van der Waals surface area contributed by atoms with Crippen molar-refractivity contribution in [1.82, 2.24) is 5.32 Å². The molecule has 18 heavy (non-hydrogen) atoms. The van der Waals surface area contributed by atoms with Crippen LogP contribution in [0.4, 0.5) is 0 Å². The van der Waals surface area contributed by atoms with Crippen LogP contribution in [-0.4, -0.2) is 39.0 Å². The first-order valence-corrected chi connectivity index (χ1v) is 8.08. The molecular weight excluding hydrogens is 365 g/mol. The molecule has 0 rings (SSSR count). The molecule has 0 saturated heterocycles. The van der Waals surface area contributed by atoms with Crippen molar-refractivity contribution in [3.63, 3.8) is 0 Å². The molecule has 0 aromatic heterocycles. The fourth-order valence-corrected chi connectivity index (χ4v) is 1.97. The Hall–Kier alpha value is -0.0500. The van der Waals surface area contributed by atoms with Gasteiger partial charge >= 0.3 is 0 Å². The van der Waals surface area contributed by atoms with Crippen LogP contribution in [0, 0.1) is 0 Å². The van der Waals surface area contributed by atoms with E-state index in [4.69, 9.17) is 5.73 Å². The van der Waals surface area contributed by atoms with Crippen molar-refractivity contribution in [1.29, 1.82) is 0 Å². The molecule has 0 aromatic rings. The van der Waals surface area contributed by atoms with E-state index in [9.17, 15) is 8.42 Å². The van der Waals surface area contributed by atoms with Gasteiger partial charge in [-0.05, 0) is 6.42 Å². The summed E-state index contributed by atoms with van der Waals surface area (Å²) in [5.41, 5.74) is 5.60. The minimum absolute atomic E-state index is 0. The predicted octanol–water partition coefficient (Wildman–Crippen LogP) is 1.52. The number of guanidine groups is 1. The van der Waals surface area contributed by atoms with Crippen molar-refractivity contribution in [3.05, 3.63) is 0 Å². The molecule has 0 heterocycles. The van der Waals surface area contributed by atoms with Crippen LogP contribution < -0.4 is 11.1 Å². The Morgan fingerprint density at radius 1 is 1.22 bits per heavy atom. The van der Waals surface area contributed by atoms with Gasteiger partial charge in [-0.15, -0.1) is 24.0 Å². The number of nitrogens with zero attached hydrogens (tertiary/aromatic N) is 1. The third-order valence-corrected chi connectivity index (χ3v) is 4.16. The summed E-state index contributed by atoms with van der Waals surface area (Å²) in [6.07, 6.45) is 4.62. The highest BCUT2D eigenvalue weighted by molar-refractivity contribution is 14.0. The van der Waals surface area contributed by atoms with E-state index in [2.05, 4.69) is 17.2 Å². The number of nitrogens with two attached hydrogens (primary N) is 1. The van der Waals surface area contributed by atoms with Crippen molar-refractivity contribution in [3.8, 4) is 0 Å². The highest BCUT2D eigenvalue weighted by atomic mass is 127. The first-order chi connectivity index (χ1) is 8.02. The van der Waals surface area contributed by atoms with Crippen LogP contribution in [0.2, 0.25) is 0 Å². The van der Waals surface area contributed by atoms with Gasteiger partial charge in [0.25, 0.3) is 0 Å². The second kappa shape index (κ2) is 12.0. The van der Waals surface area contributed by atoms with Crippen molar-refractivity contribution in [2.45, 2.75) is 39.5 Å². The van der Waals surface area contributed by atoms with Crippen LogP contribution in [0.1, 0.15) is 39.5 Å². The van der Waals surface area contributed by atoms with Gasteiger partial charge in [0.15, 0.2) is 15.8 Å². The highest BCUT2D eigenvalue weighted by Crippen LogP contribution is 1.98. The van der Waals surface area contributed by atoms with Gasteiger partial charge in [-0.25, -0.2) is 8.42 Å². The lowest BCUT2D eigenvalue weighted by atomic mass is 10.2. The average molecular weight is 391 g/mol. The Morgan fingerprint density at radius 2 is 1.89 bits per heavy atom. The molecule has 0 aliphatic rings. The average Bonchev–Trinajstić information content (AvgIpc) is 2.28. The molecular formula is C11H26IN3O2S. The monoisotopic (exact) mass is 391 g/mol. The zero-order chi connectivity index (χ0) is 13.1. The second-order valence-electron chi connectivity index (χ2n) is 3.99. The van der Waals surface area contributed by atoms with Crippen molar-refractivity contribution in [2.75, 3.05) is 24.6 Å². The molecule has 0 unspecified atom stereocenters. The molecule has 7 heteroatoms. The number of rotatable bonds is 9. The molecule has 0 amide bonds. The summed E-state index contributed by atoms with van der Waals surface area (Å²) in [5, 5.41) is 2.81. The lowest BCUT2D eigenvalue weighted by molar-refractivity contribution is 0.596. The number of sulfone groups is 1. The number of hydrogen-bond donors (Lipinski definition) is 2. The fourth-order valence-electron chi connectivity index (χ4n) is 1.27. The minimum Gasteiger partial charge on any atom is -0.370 e. The summed E-state index contributed by atoms with van der Waals surface area (Å²) in [5.74, 6) is 0.617. The first-order valence-electron chi connectivity index (χ1n) is 6.26. The molecule has 110 valence electrons. The van der Waals surface area contributed by atoms with E-state index in [1.807, 2.05) is 0 Å². The zero-order valence-corrected chi connectivity index (χ0v) is 14.5. The van der Waals surface area contributed by atoms with Crippen LogP contribution in [0.5, 0.6) is 0 Å². The second-order valence-corrected chi connectivity index (χ2v) is 6.46. The van der Waals surface area contributed by atoms with Crippen LogP contribution >= 0.6 is 24.0 Å². The Morgan fingerprint density at radius 3 is 2.44 bits per heavy atom. The molecule has 0 aliphatic carbocycles. The smallest absolute Gasteiger partial charge is 0.188 e. The number of unbranched alkanes of at least 4 members (excludes halogenated alkanes) is 3. The summed E-state index contributed by atoms with van der Waals surface area (Å²) in [6.45, 7) is 4.84. The summed E-state index contributed by atoms with van der Waals surface area (Å²) in [4.78, 5) is 4.13. The molecule has 0 spiro atoms. The van der Waals surface area contributed by atoms with Crippen LogP contribution in [0.3, 0.4) is 0 Å². The van der Waals surface area contributed by atoms with Crippen LogP contribution in [0.25, 0.3) is 0 Å². The van der Waals surface area contributed by atoms with Gasteiger partial charge in [-0.3, -0.25) is 4.99 Å². The summed E-state index contributed by atoms with van der Waals surface area (Å²) in [7, 11) is -2.92. The summed E-state index contributed by atoms with van der Waals surface area (Å²) < 4.78 is 22.4. The number of nitrogens with one attached hydrogen (secondary N) is 1. The van der Waals surface area contributed by atoms with E-state index in [1.165, 1.54) is 12.8 Å². The van der Waals surface area contributed by atoms with Gasteiger partial charge in [0, 0.05) is 18.8 Å². The maximum atomic E-state index is 11.2. The van der Waals surface area contributed by atoms with Crippen LogP contribution in [0.15, 0.2) is 4.99 Å². The number of halogens is 1. The largest absolute Gasteiger partial charge is 0.370 e. The van der Waals surface area contributed by atoms with Gasteiger partial charge in [0.2, 0.25) is 0 Å². The fraction of sp³-hybridized carbons (Fsp3) is 0.909. The van der Waals surface area contributed by atoms with E-state index < -0.39 is 9.84 Å². The Kier molecular flexibility index (Phi) is 13.5. The van der Waals surface area contributed by atoms with Gasteiger partial charge < -0.3 is 11.1 Å². The lowest BCUT2D eigenvalue weighted by Gasteiger charge is -2.05. The quantitative estimate of drug-likeness (QED) is 0.270. The third kappa shape index (κ3) is 12.4. The van der Waals surface area contributed by atoms with E-state index in [0.717, 1.165) is 12.8 Å². The molecule has 0 aromatic carbocycles. The van der Waals surface area contributed by atoms with Crippen LogP contribution in [-0.2, 0) is 9.84 Å². The maximum Gasteiger partial charge on any atom is 0.188 e. The predicted molar refractivity (Wildman–Crippen MR) is 88.4 cm³/mol. The van der Waals surface area contributed by atoms with Crippen molar-refractivity contribution < 1.29 is 8.42 Å². The molecule has 5 nitrogen and oxygen atoms in total. The molecule has 0 radical (unpaired) electrons. The third-order valence-electron chi connectivity index (χ3n) is 2.45. The zero-order valence-electron chi connectivity index (χ0n) is 11.3. The molecule has 0 bridgehead atoms. The van der Waals surface area contributed by atoms with E-state index in [1.54, 1.807) is 6.92 Å². The highest BCUT2D eigenvalue weighted by Gasteiger charge is 2.06. The summed E-state index contributed by atoms with van der Waals surface area (Å²) >= 11 is 0. The van der Waals surface area contributed by atoms with Crippen molar-refractivity contribution in [2.24, 2.45) is 10.7 Å². The van der Waals surface area contributed by atoms with Gasteiger partial charge in [0.1, 0.15) is 0 Å². The van der Waals surface area contributed by atoms with Crippen molar-refractivity contribution >= 4 is 39.8 Å². The standard InChI is InChI=1S/C11H25N3O2S.HI/c1-3-5-6-7-8-13-11(12)14-9-10-17(15,16)4-2;/h3-10H2,1-2H3,(H3,12,13,14);1H. The minimum atomic E-state index is -2.92. The number of hydrogen-bond acceptors (Lipinski definition) is 3. The molecule has 0 fully saturated rings. The first kappa shape index (κ1) is 20.3. The Labute approximate surface area is 128 Å². The SMILES string of the molecule is CCCCCCN=C(N)NCCS(=O)(=O)CC.I. The number of aliphatic imine (C=N–C) groups is 1. The molecule has 0 atom stereocenters. The molecule has 0 saturated carbocycles. The normalized spacial score (nSPS) is 12.0. The topological polar surface area (TPSA) is 84.5 Å². The van der Waals surface area contributed by atoms with E-state index >= 15 is 0 Å². The lowest BCUT2D eigenvalue weighted by Crippen LogP contribution is -2.35. The summed E-state index contributed by atoms with van der Waals surface area (Å²) in [6, 6.07) is 0. The Bertz CT molecular complexity index is 318. The van der Waals surface area contributed by atoms with Gasteiger partial charge in [-0.2, -0.15) is 0 Å². The maximum absolute atomic E-state index is 11.2. The molecule has 3 N–H and O–H groups in total. The van der Waals surface area contributed by atoms with Gasteiger partial charge in [0.05, 0.1) is 5.75 Å². The van der Waals surface area contributed by atoms with Gasteiger partial charge in [-0.1, -0.05) is 33.1 Å². The molecule has 0 aliphatic heterocycles. The van der Waals surface area contributed by atoms with E-state index in [-0.39, 0.29) is 35.5 Å².